The average Bonchev–Trinajstić information content (AvgIpc) is 2.05. The van der Waals surface area contributed by atoms with Crippen molar-refractivity contribution in [3.8, 4) is 0 Å². The van der Waals surface area contributed by atoms with Crippen molar-refractivity contribution in [3.63, 3.8) is 0 Å². The zero-order chi connectivity index (χ0) is 9.30. The molecule has 2 atom stereocenters. The third-order valence-corrected chi connectivity index (χ3v) is 1.21. The molecule has 1 fully saturated rings. The summed E-state index contributed by atoms with van der Waals surface area (Å²) in [5, 5.41) is 27.9. The molecule has 0 bridgehead atoms. The Hall–Kier alpha value is -0.115. The van der Waals surface area contributed by atoms with Crippen molar-refractivity contribution in [2.75, 3.05) is 0 Å². The fourth-order valence-electron chi connectivity index (χ4n) is 0.611. The van der Waals surface area contributed by atoms with E-state index in [9.17, 15) is 14.6 Å². The van der Waals surface area contributed by atoms with Gasteiger partial charge in [0, 0.05) is 0 Å². The molecule has 13 heavy (non-hydrogen) atoms. The van der Waals surface area contributed by atoms with Gasteiger partial charge in [0.25, 0.3) is 0 Å². The summed E-state index contributed by atoms with van der Waals surface area (Å²) in [6.45, 7) is 0. The van der Waals surface area contributed by atoms with E-state index in [-0.39, 0.29) is 29.6 Å². The second-order valence-corrected chi connectivity index (χ2v) is 2.05. The first-order valence-electron chi connectivity index (χ1n) is 2.95. The van der Waals surface area contributed by atoms with Crippen molar-refractivity contribution < 1.29 is 63.7 Å². The van der Waals surface area contributed by atoms with E-state index in [4.69, 9.17) is 10.2 Å². The fraction of sp³-hybridized carbons (Fsp3) is 0.500. The van der Waals surface area contributed by atoms with Gasteiger partial charge in [-0.25, -0.2) is 0 Å². The molecule has 0 spiro atoms. The maximum Gasteiger partial charge on any atom is 1.00 e. The molecule has 0 aromatic heterocycles. The molecule has 2 N–H and O–H groups in total. The zero-order valence-corrected chi connectivity index (χ0v) is 8.67. The van der Waals surface area contributed by atoms with Crippen molar-refractivity contribution in [3.05, 3.63) is 0 Å². The van der Waals surface area contributed by atoms with Crippen molar-refractivity contribution in [2.45, 2.75) is 12.2 Å². The molecule has 1 aliphatic rings. The van der Waals surface area contributed by atoms with Crippen LogP contribution in [0.3, 0.4) is 0 Å². The van der Waals surface area contributed by atoms with E-state index in [0.29, 0.717) is 0 Å². The Morgan fingerprint density at radius 2 is 1.46 bits per heavy atom. The first kappa shape index (κ1) is 12.9. The largest absolute Gasteiger partial charge is 1.00 e. The number of aliphatic hydroxyl groups excluding tert-OH is 2. The summed E-state index contributed by atoms with van der Waals surface area (Å²) >= 11 is 0. The Kier molecular flexibility index (Phi) is 4.90. The summed E-state index contributed by atoms with van der Waals surface area (Å²) in [5.41, 5.74) is 0. The SMILES string of the molecule is O=C1OB([O-])OC(=O)C(O)C1O.[Na+]. The van der Waals surface area contributed by atoms with Crippen molar-refractivity contribution in [2.24, 2.45) is 0 Å². The van der Waals surface area contributed by atoms with E-state index < -0.39 is 31.5 Å². The van der Waals surface area contributed by atoms with Crippen LogP contribution < -0.4 is 34.6 Å². The van der Waals surface area contributed by atoms with Gasteiger partial charge in [-0.2, -0.15) is 0 Å². The molecule has 0 aliphatic carbocycles. The third-order valence-electron chi connectivity index (χ3n) is 1.21. The van der Waals surface area contributed by atoms with Gasteiger partial charge in [-0.05, 0) is 0 Å². The second-order valence-electron chi connectivity index (χ2n) is 2.05. The molecule has 1 aliphatic heterocycles. The molecule has 2 unspecified atom stereocenters. The first-order valence-corrected chi connectivity index (χ1v) is 2.95. The molecule has 66 valence electrons. The Labute approximate surface area is 95.1 Å². The monoisotopic (exact) mass is 198 g/mol. The summed E-state index contributed by atoms with van der Waals surface area (Å²) < 4.78 is 7.63. The van der Waals surface area contributed by atoms with Gasteiger partial charge in [0.2, 0.25) is 0 Å². The van der Waals surface area contributed by atoms with Crippen LogP contribution >= 0.6 is 0 Å². The molecule has 9 heteroatoms. The van der Waals surface area contributed by atoms with Crippen LogP contribution in [0.25, 0.3) is 0 Å². The van der Waals surface area contributed by atoms with Crippen molar-refractivity contribution in [1.29, 1.82) is 0 Å². The number of aliphatic hydroxyl groups is 2. The molecule has 0 amide bonds. The van der Waals surface area contributed by atoms with Gasteiger partial charge in [0.15, 0.2) is 12.2 Å². The summed E-state index contributed by atoms with van der Waals surface area (Å²) in [6.07, 6.45) is -4.12. The fourth-order valence-corrected chi connectivity index (χ4v) is 0.611. The van der Waals surface area contributed by atoms with Crippen molar-refractivity contribution in [1.82, 2.24) is 0 Å². The Morgan fingerprint density at radius 1 is 1.15 bits per heavy atom. The molecular formula is C4H4BNaO7. The molecule has 1 heterocycles. The van der Waals surface area contributed by atoms with Gasteiger partial charge in [0.1, 0.15) is 0 Å². The van der Waals surface area contributed by atoms with Gasteiger partial charge in [-0.1, -0.05) is 0 Å². The number of carbonyl (C=O) groups excluding carboxylic acids is 2. The minimum Gasteiger partial charge on any atom is -0.808 e. The van der Waals surface area contributed by atoms with Crippen LogP contribution in [0.15, 0.2) is 0 Å². The van der Waals surface area contributed by atoms with Gasteiger partial charge in [-0.3, -0.25) is 9.59 Å². The molecule has 7 nitrogen and oxygen atoms in total. The minimum absolute atomic E-state index is 0. The third kappa shape index (κ3) is 2.94. The summed E-state index contributed by atoms with van der Waals surface area (Å²) in [4.78, 5) is 21.0. The van der Waals surface area contributed by atoms with Gasteiger partial charge in [-0.15, -0.1) is 0 Å². The van der Waals surface area contributed by atoms with E-state index in [1.807, 2.05) is 0 Å². The number of carbonyl (C=O) groups is 2. The standard InChI is InChI=1S/C4H4BO7.Na/c6-1-2(7)4(9)12-5(10)11-3(1)8;/h1-2,6-7H;/q-1;+1. The Morgan fingerprint density at radius 3 is 1.77 bits per heavy atom. The maximum absolute atomic E-state index is 10.5. The van der Waals surface area contributed by atoms with Gasteiger partial charge in [0.05, 0.1) is 0 Å². The van der Waals surface area contributed by atoms with Crippen LogP contribution in [-0.2, 0) is 18.9 Å². The Bertz CT molecular complexity index is 199. The van der Waals surface area contributed by atoms with Crippen LogP contribution in [0.2, 0.25) is 0 Å². The topological polar surface area (TPSA) is 116 Å². The van der Waals surface area contributed by atoms with E-state index in [0.717, 1.165) is 0 Å². The smallest absolute Gasteiger partial charge is 0.808 e. The van der Waals surface area contributed by atoms with E-state index in [1.54, 1.807) is 0 Å². The average molecular weight is 198 g/mol. The molecule has 1 saturated heterocycles. The predicted octanol–water partition coefficient (Wildman–Crippen LogP) is -6.84. The zero-order valence-electron chi connectivity index (χ0n) is 6.67. The first-order chi connectivity index (χ1) is 5.52. The van der Waals surface area contributed by atoms with Crippen LogP contribution in [0.5, 0.6) is 0 Å². The van der Waals surface area contributed by atoms with Crippen LogP contribution in [0.4, 0.5) is 0 Å². The summed E-state index contributed by atoms with van der Waals surface area (Å²) in [5.74, 6) is -2.76. The maximum atomic E-state index is 10.5. The van der Waals surface area contributed by atoms with E-state index in [2.05, 4.69) is 9.31 Å². The normalized spacial score (nSPS) is 28.4. The van der Waals surface area contributed by atoms with Crippen molar-refractivity contribution >= 4 is 19.3 Å². The molecule has 0 saturated carbocycles. The molecule has 0 radical (unpaired) electrons. The van der Waals surface area contributed by atoms with Crippen LogP contribution in [-0.4, -0.2) is 41.7 Å². The molecule has 1 rings (SSSR count). The van der Waals surface area contributed by atoms with E-state index in [1.165, 1.54) is 0 Å². The van der Waals surface area contributed by atoms with Crippen LogP contribution in [0, 0.1) is 0 Å². The number of hydrogen-bond donors (Lipinski definition) is 2. The number of rotatable bonds is 0. The summed E-state index contributed by atoms with van der Waals surface area (Å²) in [6, 6.07) is 0. The second kappa shape index (κ2) is 4.94. The van der Waals surface area contributed by atoms with Crippen LogP contribution in [0.1, 0.15) is 0 Å². The molecule has 0 aromatic carbocycles. The predicted molar refractivity (Wildman–Crippen MR) is 30.0 cm³/mol. The minimum atomic E-state index is -2.32. The van der Waals surface area contributed by atoms with Gasteiger partial charge >= 0.3 is 48.8 Å². The van der Waals surface area contributed by atoms with Gasteiger partial charge < -0.3 is 24.5 Å². The molecular weight excluding hydrogens is 194 g/mol. The molecule has 0 aromatic rings. The van der Waals surface area contributed by atoms with E-state index >= 15 is 0 Å². The Balaban J connectivity index is 0.00000144. The summed E-state index contributed by atoms with van der Waals surface area (Å²) in [7, 11) is -2.32. The quantitative estimate of drug-likeness (QED) is 0.371. The number of hydrogen-bond acceptors (Lipinski definition) is 7.